The molecule has 2 aromatic carbocycles. The molecule has 2 heterocycles. The van der Waals surface area contributed by atoms with Gasteiger partial charge in [0.1, 0.15) is 0 Å². The van der Waals surface area contributed by atoms with Crippen molar-refractivity contribution >= 4 is 17.1 Å². The van der Waals surface area contributed by atoms with E-state index in [1.165, 1.54) is 0 Å². The predicted molar refractivity (Wildman–Crippen MR) is 92.3 cm³/mol. The van der Waals surface area contributed by atoms with Gasteiger partial charge in [-0.2, -0.15) is 0 Å². The van der Waals surface area contributed by atoms with Crippen LogP contribution in [0.1, 0.15) is 11.9 Å². The lowest BCUT2D eigenvalue weighted by Gasteiger charge is -2.14. The van der Waals surface area contributed by atoms with Crippen LogP contribution < -0.4 is 11.1 Å². The predicted octanol–water partition coefficient (Wildman–Crippen LogP) is 3.24. The van der Waals surface area contributed by atoms with E-state index in [1.807, 2.05) is 53.2 Å². The second kappa shape index (κ2) is 6.35. The largest absolute Gasteiger partial charge is 0.397 e. The smallest absolute Gasteiger partial charge is 0.184 e. The molecule has 0 unspecified atom stereocenters. The van der Waals surface area contributed by atoms with Gasteiger partial charge in [0, 0.05) is 29.3 Å². The standard InChI is InChI=1S/C18H18N4O2/c19-16-10-13(18-23-8-9-24-18)4-5-17(16)21-14-2-1-3-15(11-14)22-7-6-20-12-22/h1-7,10-12,18,21H,8-9,19H2. The quantitative estimate of drug-likeness (QED) is 0.721. The number of hydrogen-bond donors (Lipinski definition) is 2. The van der Waals surface area contributed by atoms with Crippen molar-refractivity contribution in [1.82, 2.24) is 9.55 Å². The molecule has 6 nitrogen and oxygen atoms in total. The molecule has 1 aromatic heterocycles. The van der Waals surface area contributed by atoms with Gasteiger partial charge in [0.05, 0.1) is 30.9 Å². The number of hydrogen-bond acceptors (Lipinski definition) is 5. The lowest BCUT2D eigenvalue weighted by Crippen LogP contribution is -2.02. The third-order valence-electron chi connectivity index (χ3n) is 3.90. The number of nitrogens with one attached hydrogen (secondary N) is 1. The molecular formula is C18H18N4O2. The first kappa shape index (κ1) is 14.7. The van der Waals surface area contributed by atoms with Gasteiger partial charge in [-0.1, -0.05) is 12.1 Å². The number of nitrogen functional groups attached to an aromatic ring is 1. The van der Waals surface area contributed by atoms with Crippen LogP contribution in [0.5, 0.6) is 0 Å². The fourth-order valence-corrected chi connectivity index (χ4v) is 2.70. The molecule has 1 fully saturated rings. The summed E-state index contributed by atoms with van der Waals surface area (Å²) in [5.41, 5.74) is 10.6. The highest BCUT2D eigenvalue weighted by molar-refractivity contribution is 5.74. The number of rotatable bonds is 4. The SMILES string of the molecule is Nc1cc(C2OCCO2)ccc1Nc1cccc(-n2ccnc2)c1. The maximum absolute atomic E-state index is 6.18. The van der Waals surface area contributed by atoms with Gasteiger partial charge in [0.25, 0.3) is 0 Å². The summed E-state index contributed by atoms with van der Waals surface area (Å²) in [6.45, 7) is 1.23. The van der Waals surface area contributed by atoms with Crippen LogP contribution in [0, 0.1) is 0 Å². The molecule has 1 aliphatic rings. The van der Waals surface area contributed by atoms with E-state index in [1.54, 1.807) is 12.5 Å². The maximum Gasteiger partial charge on any atom is 0.184 e. The van der Waals surface area contributed by atoms with Gasteiger partial charge in [-0.25, -0.2) is 4.98 Å². The Morgan fingerprint density at radius 1 is 1.12 bits per heavy atom. The number of nitrogens with zero attached hydrogens (tertiary/aromatic N) is 2. The van der Waals surface area contributed by atoms with Crippen molar-refractivity contribution in [3.63, 3.8) is 0 Å². The third kappa shape index (κ3) is 2.97. The number of nitrogens with two attached hydrogens (primary N) is 1. The van der Waals surface area contributed by atoms with Gasteiger partial charge in [-0.3, -0.25) is 0 Å². The van der Waals surface area contributed by atoms with E-state index in [4.69, 9.17) is 15.2 Å². The molecule has 24 heavy (non-hydrogen) atoms. The van der Waals surface area contributed by atoms with Gasteiger partial charge < -0.3 is 25.1 Å². The number of aromatic nitrogens is 2. The Kier molecular flexibility index (Phi) is 3.90. The molecule has 3 aromatic rings. The monoisotopic (exact) mass is 322 g/mol. The normalized spacial score (nSPS) is 14.8. The van der Waals surface area contributed by atoms with Crippen molar-refractivity contribution in [1.29, 1.82) is 0 Å². The highest BCUT2D eigenvalue weighted by Crippen LogP contribution is 2.30. The van der Waals surface area contributed by atoms with Crippen LogP contribution in [0.15, 0.2) is 61.2 Å². The van der Waals surface area contributed by atoms with Crippen LogP contribution >= 0.6 is 0 Å². The molecule has 0 atom stereocenters. The van der Waals surface area contributed by atoms with E-state index < -0.39 is 0 Å². The molecule has 122 valence electrons. The molecule has 0 saturated carbocycles. The average molecular weight is 322 g/mol. The van der Waals surface area contributed by atoms with Crippen molar-refractivity contribution in [2.24, 2.45) is 0 Å². The molecule has 1 saturated heterocycles. The van der Waals surface area contributed by atoms with Crippen LogP contribution in [-0.2, 0) is 9.47 Å². The fraction of sp³-hybridized carbons (Fsp3) is 0.167. The van der Waals surface area contributed by atoms with Crippen LogP contribution in [-0.4, -0.2) is 22.8 Å². The van der Waals surface area contributed by atoms with Gasteiger partial charge in [0.2, 0.25) is 0 Å². The molecule has 0 radical (unpaired) electrons. The van der Waals surface area contributed by atoms with Crippen molar-refractivity contribution in [2.45, 2.75) is 6.29 Å². The summed E-state index contributed by atoms with van der Waals surface area (Å²) in [4.78, 5) is 4.07. The zero-order valence-corrected chi connectivity index (χ0v) is 13.1. The molecule has 3 N–H and O–H groups in total. The Morgan fingerprint density at radius 3 is 2.75 bits per heavy atom. The first-order valence-electron chi connectivity index (χ1n) is 7.78. The van der Waals surface area contributed by atoms with E-state index in [2.05, 4.69) is 10.3 Å². The van der Waals surface area contributed by atoms with E-state index in [9.17, 15) is 0 Å². The summed E-state index contributed by atoms with van der Waals surface area (Å²) in [6, 6.07) is 13.8. The number of anilines is 3. The molecule has 0 amide bonds. The van der Waals surface area contributed by atoms with E-state index >= 15 is 0 Å². The molecular weight excluding hydrogens is 304 g/mol. The molecule has 0 aliphatic carbocycles. The minimum absolute atomic E-state index is 0.314. The van der Waals surface area contributed by atoms with Gasteiger partial charge >= 0.3 is 0 Å². The van der Waals surface area contributed by atoms with Crippen molar-refractivity contribution in [3.05, 3.63) is 66.7 Å². The fourth-order valence-electron chi connectivity index (χ4n) is 2.70. The Morgan fingerprint density at radius 2 is 2.00 bits per heavy atom. The first-order valence-corrected chi connectivity index (χ1v) is 7.78. The summed E-state index contributed by atoms with van der Waals surface area (Å²) in [7, 11) is 0. The highest BCUT2D eigenvalue weighted by atomic mass is 16.7. The number of benzene rings is 2. The third-order valence-corrected chi connectivity index (χ3v) is 3.90. The molecule has 0 spiro atoms. The Bertz CT molecular complexity index is 827. The van der Waals surface area contributed by atoms with Crippen molar-refractivity contribution < 1.29 is 9.47 Å². The number of imidazole rings is 1. The number of ether oxygens (including phenoxy) is 2. The van der Waals surface area contributed by atoms with Gasteiger partial charge in [0.15, 0.2) is 6.29 Å². The summed E-state index contributed by atoms with van der Waals surface area (Å²) < 4.78 is 13.0. The zero-order chi connectivity index (χ0) is 16.4. The van der Waals surface area contributed by atoms with Crippen LogP contribution in [0.3, 0.4) is 0 Å². The van der Waals surface area contributed by atoms with E-state index in [-0.39, 0.29) is 6.29 Å². The van der Waals surface area contributed by atoms with Gasteiger partial charge in [-0.15, -0.1) is 0 Å². The summed E-state index contributed by atoms with van der Waals surface area (Å²) in [6.07, 6.45) is 5.11. The summed E-state index contributed by atoms with van der Waals surface area (Å²) in [5.74, 6) is 0. The minimum atomic E-state index is -0.314. The second-order valence-corrected chi connectivity index (χ2v) is 5.57. The van der Waals surface area contributed by atoms with Crippen LogP contribution in [0.2, 0.25) is 0 Å². The van der Waals surface area contributed by atoms with Gasteiger partial charge in [-0.05, 0) is 30.3 Å². The van der Waals surface area contributed by atoms with E-state index in [0.717, 1.165) is 22.6 Å². The average Bonchev–Trinajstić information content (AvgIpc) is 3.31. The van der Waals surface area contributed by atoms with Crippen LogP contribution in [0.25, 0.3) is 5.69 Å². The summed E-state index contributed by atoms with van der Waals surface area (Å²) >= 11 is 0. The van der Waals surface area contributed by atoms with E-state index in [0.29, 0.717) is 18.9 Å². The topological polar surface area (TPSA) is 74.3 Å². The Labute approximate surface area is 139 Å². The first-order chi connectivity index (χ1) is 11.8. The lowest BCUT2D eigenvalue weighted by molar-refractivity contribution is -0.0440. The zero-order valence-electron chi connectivity index (χ0n) is 13.1. The minimum Gasteiger partial charge on any atom is -0.397 e. The lowest BCUT2D eigenvalue weighted by atomic mass is 10.1. The molecule has 4 rings (SSSR count). The highest BCUT2D eigenvalue weighted by Gasteiger charge is 2.18. The second-order valence-electron chi connectivity index (χ2n) is 5.57. The molecule has 0 bridgehead atoms. The van der Waals surface area contributed by atoms with Crippen LogP contribution in [0.4, 0.5) is 17.1 Å². The maximum atomic E-state index is 6.18. The van der Waals surface area contributed by atoms with Crippen molar-refractivity contribution in [3.8, 4) is 5.69 Å². The molecule has 6 heteroatoms. The van der Waals surface area contributed by atoms with Crippen molar-refractivity contribution in [2.75, 3.05) is 24.3 Å². The Hall–Kier alpha value is -2.83. The Balaban J connectivity index is 1.56. The summed E-state index contributed by atoms with van der Waals surface area (Å²) in [5, 5.41) is 3.35. The molecule has 1 aliphatic heterocycles.